The molecule has 1 unspecified atom stereocenters. The van der Waals surface area contributed by atoms with Crippen LogP contribution in [0.3, 0.4) is 0 Å². The molecule has 0 aliphatic carbocycles. The van der Waals surface area contributed by atoms with Gasteiger partial charge in [-0.15, -0.1) is 0 Å². The van der Waals surface area contributed by atoms with Crippen LogP contribution in [-0.4, -0.2) is 48.4 Å². The fourth-order valence-electron chi connectivity index (χ4n) is 3.49. The van der Waals surface area contributed by atoms with Gasteiger partial charge in [0.15, 0.2) is 0 Å². The van der Waals surface area contributed by atoms with Gasteiger partial charge in [0.05, 0.1) is 35.7 Å². The number of carbonyl (C=O) groups is 3. The van der Waals surface area contributed by atoms with E-state index in [4.69, 9.17) is 16.3 Å². The molecule has 2 aliphatic rings. The highest BCUT2D eigenvalue weighted by atomic mass is 35.5. The van der Waals surface area contributed by atoms with E-state index in [1.54, 1.807) is 31.2 Å². The maximum Gasteiger partial charge on any atom is 0.309 e. The molecule has 25 heavy (non-hydrogen) atoms. The minimum Gasteiger partial charge on any atom is -0.466 e. The molecule has 2 fully saturated rings. The Balaban J connectivity index is 1.67. The van der Waals surface area contributed by atoms with Gasteiger partial charge in [0.25, 0.3) is 5.91 Å². The number of halogens is 1. The lowest BCUT2D eigenvalue weighted by Crippen LogP contribution is -2.47. The van der Waals surface area contributed by atoms with Crippen LogP contribution in [0.4, 0.5) is 5.69 Å². The van der Waals surface area contributed by atoms with Crippen LogP contribution in [0, 0.1) is 5.92 Å². The zero-order chi connectivity index (χ0) is 18.0. The number of hydrogen-bond acceptors (Lipinski definition) is 5. The van der Waals surface area contributed by atoms with E-state index in [1.165, 1.54) is 4.90 Å². The molecular weight excluding hydrogens is 344 g/mol. The Bertz CT molecular complexity index is 685. The third-order valence-corrected chi connectivity index (χ3v) is 5.13. The summed E-state index contributed by atoms with van der Waals surface area (Å²) in [7, 11) is 0. The average molecular weight is 365 g/mol. The minimum absolute atomic E-state index is 0.122. The topological polar surface area (TPSA) is 66.9 Å². The summed E-state index contributed by atoms with van der Waals surface area (Å²) < 4.78 is 5.07. The lowest BCUT2D eigenvalue weighted by molar-refractivity contribution is -0.149. The number of carbonyl (C=O) groups excluding carboxylic acids is 3. The third-order valence-electron chi connectivity index (χ3n) is 4.81. The molecular formula is C18H21ClN2O4. The predicted octanol–water partition coefficient (Wildman–Crippen LogP) is 2.25. The van der Waals surface area contributed by atoms with Gasteiger partial charge in [-0.1, -0.05) is 23.7 Å². The molecule has 2 amide bonds. The van der Waals surface area contributed by atoms with E-state index in [2.05, 4.69) is 0 Å². The van der Waals surface area contributed by atoms with Crippen molar-refractivity contribution < 1.29 is 19.1 Å². The van der Waals surface area contributed by atoms with E-state index in [0.29, 0.717) is 43.2 Å². The monoisotopic (exact) mass is 364 g/mol. The summed E-state index contributed by atoms with van der Waals surface area (Å²) in [6, 6.07) is 6.37. The second-order valence-electron chi connectivity index (χ2n) is 6.30. The number of rotatable bonds is 4. The standard InChI is InChI=1S/C18H21ClN2O4/c1-2-25-18(24)12-7-9-20(10-8-12)15-11-16(22)21(17(15)23)14-6-4-3-5-13(14)19/h3-6,12,15H,2,7-11H2,1H3. The smallest absolute Gasteiger partial charge is 0.309 e. The number of hydrogen-bond donors (Lipinski definition) is 0. The van der Waals surface area contributed by atoms with Gasteiger partial charge in [-0.05, 0) is 45.0 Å². The van der Waals surface area contributed by atoms with Crippen LogP contribution in [0.25, 0.3) is 0 Å². The molecule has 0 radical (unpaired) electrons. The van der Waals surface area contributed by atoms with Gasteiger partial charge in [0.1, 0.15) is 0 Å². The Hall–Kier alpha value is -1.92. The first kappa shape index (κ1) is 17.9. The molecule has 2 aliphatic heterocycles. The molecule has 0 spiro atoms. The number of piperidine rings is 1. The van der Waals surface area contributed by atoms with Crippen LogP contribution in [0.1, 0.15) is 26.2 Å². The van der Waals surface area contributed by atoms with Crippen molar-refractivity contribution in [3.8, 4) is 0 Å². The second kappa shape index (κ2) is 7.54. The SMILES string of the molecule is CCOC(=O)C1CCN(C2CC(=O)N(c3ccccc3Cl)C2=O)CC1. The van der Waals surface area contributed by atoms with E-state index in [0.717, 1.165) is 0 Å². The Morgan fingerprint density at radius 2 is 1.92 bits per heavy atom. The fraction of sp³-hybridized carbons (Fsp3) is 0.500. The molecule has 1 aromatic rings. The molecule has 0 aromatic heterocycles. The first-order chi connectivity index (χ1) is 12.0. The van der Waals surface area contributed by atoms with Crippen molar-refractivity contribution >= 4 is 35.1 Å². The minimum atomic E-state index is -0.480. The Morgan fingerprint density at radius 3 is 2.56 bits per heavy atom. The molecule has 3 rings (SSSR count). The molecule has 7 heteroatoms. The molecule has 2 saturated heterocycles. The zero-order valence-electron chi connectivity index (χ0n) is 14.1. The first-order valence-electron chi connectivity index (χ1n) is 8.55. The van der Waals surface area contributed by atoms with Crippen molar-refractivity contribution in [1.29, 1.82) is 0 Å². The summed E-state index contributed by atoms with van der Waals surface area (Å²) in [5.41, 5.74) is 0.433. The van der Waals surface area contributed by atoms with E-state index in [9.17, 15) is 14.4 Å². The van der Waals surface area contributed by atoms with Crippen LogP contribution in [0.2, 0.25) is 5.02 Å². The number of esters is 1. The third kappa shape index (κ3) is 3.55. The molecule has 1 atom stereocenters. The number of benzene rings is 1. The Morgan fingerprint density at radius 1 is 1.24 bits per heavy atom. The predicted molar refractivity (Wildman–Crippen MR) is 93.3 cm³/mol. The van der Waals surface area contributed by atoms with Crippen molar-refractivity contribution in [2.45, 2.75) is 32.2 Å². The summed E-state index contributed by atoms with van der Waals surface area (Å²) >= 11 is 6.14. The Kier molecular flexibility index (Phi) is 5.39. The van der Waals surface area contributed by atoms with E-state index in [-0.39, 0.29) is 30.1 Å². The van der Waals surface area contributed by atoms with Gasteiger partial charge in [0, 0.05) is 0 Å². The van der Waals surface area contributed by atoms with Crippen LogP contribution >= 0.6 is 11.6 Å². The number of para-hydroxylation sites is 1. The molecule has 0 saturated carbocycles. The highest BCUT2D eigenvalue weighted by Gasteiger charge is 2.44. The van der Waals surface area contributed by atoms with Gasteiger partial charge in [0.2, 0.25) is 5.91 Å². The highest BCUT2D eigenvalue weighted by molar-refractivity contribution is 6.36. The average Bonchev–Trinajstić information content (AvgIpc) is 2.90. The molecule has 0 bridgehead atoms. The molecule has 134 valence electrons. The van der Waals surface area contributed by atoms with Gasteiger partial charge < -0.3 is 4.74 Å². The van der Waals surface area contributed by atoms with Crippen molar-refractivity contribution in [1.82, 2.24) is 4.90 Å². The van der Waals surface area contributed by atoms with Crippen molar-refractivity contribution in [2.75, 3.05) is 24.6 Å². The molecule has 6 nitrogen and oxygen atoms in total. The maximum absolute atomic E-state index is 12.8. The summed E-state index contributed by atoms with van der Waals surface area (Å²) in [5.74, 6) is -0.778. The lowest BCUT2D eigenvalue weighted by Gasteiger charge is -2.33. The second-order valence-corrected chi connectivity index (χ2v) is 6.71. The quantitative estimate of drug-likeness (QED) is 0.605. The van der Waals surface area contributed by atoms with E-state index < -0.39 is 6.04 Å². The lowest BCUT2D eigenvalue weighted by atomic mass is 9.95. The Labute approximate surface area is 151 Å². The molecule has 0 N–H and O–H groups in total. The van der Waals surface area contributed by atoms with Crippen molar-refractivity contribution in [3.63, 3.8) is 0 Å². The van der Waals surface area contributed by atoms with Crippen molar-refractivity contribution in [3.05, 3.63) is 29.3 Å². The summed E-state index contributed by atoms with van der Waals surface area (Å²) in [6.07, 6.45) is 1.43. The zero-order valence-corrected chi connectivity index (χ0v) is 14.9. The van der Waals surface area contributed by atoms with Crippen molar-refractivity contribution in [2.24, 2.45) is 5.92 Å². The number of nitrogens with zero attached hydrogens (tertiary/aromatic N) is 2. The van der Waals surface area contributed by atoms with Gasteiger partial charge in [-0.3, -0.25) is 19.3 Å². The summed E-state index contributed by atoms with van der Waals surface area (Å²) in [5, 5.41) is 0.380. The molecule has 2 heterocycles. The van der Waals surface area contributed by atoms with Crippen LogP contribution < -0.4 is 4.90 Å². The number of ether oxygens (including phenoxy) is 1. The highest BCUT2D eigenvalue weighted by Crippen LogP contribution is 2.32. The van der Waals surface area contributed by atoms with E-state index >= 15 is 0 Å². The van der Waals surface area contributed by atoms with Crippen LogP contribution in [-0.2, 0) is 19.1 Å². The van der Waals surface area contributed by atoms with Gasteiger partial charge >= 0.3 is 5.97 Å². The van der Waals surface area contributed by atoms with Gasteiger partial charge in [-0.2, -0.15) is 0 Å². The summed E-state index contributed by atoms with van der Waals surface area (Å²) in [4.78, 5) is 40.2. The molecule has 1 aromatic carbocycles. The maximum atomic E-state index is 12.8. The number of amides is 2. The first-order valence-corrected chi connectivity index (χ1v) is 8.92. The largest absolute Gasteiger partial charge is 0.466 e. The van der Waals surface area contributed by atoms with Gasteiger partial charge in [-0.25, -0.2) is 4.90 Å². The number of likely N-dealkylation sites (tertiary alicyclic amines) is 1. The number of imide groups is 1. The summed E-state index contributed by atoms with van der Waals surface area (Å²) in [6.45, 7) is 3.37. The van der Waals surface area contributed by atoms with E-state index in [1.807, 2.05) is 4.90 Å². The fourth-order valence-corrected chi connectivity index (χ4v) is 3.71. The number of anilines is 1. The normalized spacial score (nSPS) is 22.5. The van der Waals surface area contributed by atoms with Crippen LogP contribution in [0.5, 0.6) is 0 Å². The van der Waals surface area contributed by atoms with Crippen LogP contribution in [0.15, 0.2) is 24.3 Å².